The molecule has 0 spiro atoms. The number of halogens is 1. The molecule has 1 aromatic carbocycles. The molecule has 1 saturated heterocycles. The van der Waals surface area contributed by atoms with Crippen LogP contribution in [0.1, 0.15) is 24.9 Å². The molecule has 4 heteroatoms. The third kappa shape index (κ3) is 4.01. The van der Waals surface area contributed by atoms with Crippen LogP contribution >= 0.6 is 0 Å². The molecule has 1 aliphatic heterocycles. The van der Waals surface area contributed by atoms with Gasteiger partial charge in [0, 0.05) is 37.8 Å². The Hall–Kier alpha value is -0.970. The van der Waals surface area contributed by atoms with Gasteiger partial charge in [0.15, 0.2) is 0 Å². The topological polar surface area (TPSA) is 24.5 Å². The first-order valence-corrected chi connectivity index (χ1v) is 7.44. The highest BCUT2D eigenvalue weighted by atomic mass is 19.1. The number of ether oxygens (including phenoxy) is 1. The van der Waals surface area contributed by atoms with Gasteiger partial charge in [-0.05, 0) is 25.5 Å². The number of rotatable bonds is 5. The SMILES string of the molecule is CNC(c1ccccc1F)C(C)CN1CCCOCC1. The summed E-state index contributed by atoms with van der Waals surface area (Å²) in [6.07, 6.45) is 1.08. The van der Waals surface area contributed by atoms with Crippen LogP contribution in [-0.2, 0) is 4.74 Å². The molecule has 112 valence electrons. The van der Waals surface area contributed by atoms with E-state index in [-0.39, 0.29) is 11.9 Å². The molecule has 0 radical (unpaired) electrons. The zero-order valence-corrected chi connectivity index (χ0v) is 12.4. The van der Waals surface area contributed by atoms with Crippen LogP contribution in [0.2, 0.25) is 0 Å². The van der Waals surface area contributed by atoms with Gasteiger partial charge in [0.2, 0.25) is 0 Å². The zero-order chi connectivity index (χ0) is 14.4. The van der Waals surface area contributed by atoms with Crippen molar-refractivity contribution in [2.24, 2.45) is 5.92 Å². The lowest BCUT2D eigenvalue weighted by atomic mass is 9.93. The van der Waals surface area contributed by atoms with Gasteiger partial charge < -0.3 is 15.0 Å². The van der Waals surface area contributed by atoms with Crippen molar-refractivity contribution < 1.29 is 9.13 Å². The zero-order valence-electron chi connectivity index (χ0n) is 12.4. The molecule has 3 nitrogen and oxygen atoms in total. The van der Waals surface area contributed by atoms with Crippen molar-refractivity contribution in [2.75, 3.05) is 39.9 Å². The highest BCUT2D eigenvalue weighted by molar-refractivity contribution is 5.21. The minimum atomic E-state index is -0.127. The Labute approximate surface area is 121 Å². The van der Waals surface area contributed by atoms with Gasteiger partial charge in [0.1, 0.15) is 5.82 Å². The Balaban J connectivity index is 2.01. The molecule has 1 fully saturated rings. The van der Waals surface area contributed by atoms with Crippen LogP contribution in [0.15, 0.2) is 24.3 Å². The van der Waals surface area contributed by atoms with E-state index in [1.165, 1.54) is 6.07 Å². The fraction of sp³-hybridized carbons (Fsp3) is 0.625. The first kappa shape index (κ1) is 15.4. The molecule has 0 aromatic heterocycles. The first-order chi connectivity index (χ1) is 9.72. The highest BCUT2D eigenvalue weighted by Gasteiger charge is 2.23. The molecule has 0 saturated carbocycles. The second kappa shape index (κ2) is 7.72. The van der Waals surface area contributed by atoms with E-state index in [9.17, 15) is 4.39 Å². The largest absolute Gasteiger partial charge is 0.380 e. The molecule has 0 amide bonds. The van der Waals surface area contributed by atoms with E-state index in [0.29, 0.717) is 5.92 Å². The number of nitrogens with one attached hydrogen (secondary N) is 1. The van der Waals surface area contributed by atoms with Crippen molar-refractivity contribution in [3.8, 4) is 0 Å². The second-order valence-electron chi connectivity index (χ2n) is 5.53. The number of nitrogens with zero attached hydrogens (tertiary/aromatic N) is 1. The Morgan fingerprint density at radius 3 is 2.85 bits per heavy atom. The molecule has 2 atom stereocenters. The lowest BCUT2D eigenvalue weighted by Crippen LogP contribution is -2.36. The lowest BCUT2D eigenvalue weighted by Gasteiger charge is -2.29. The minimum Gasteiger partial charge on any atom is -0.380 e. The van der Waals surface area contributed by atoms with Gasteiger partial charge in [-0.1, -0.05) is 25.1 Å². The van der Waals surface area contributed by atoms with Gasteiger partial charge >= 0.3 is 0 Å². The maximum absolute atomic E-state index is 14.0. The third-order valence-electron chi connectivity index (χ3n) is 3.98. The van der Waals surface area contributed by atoms with Gasteiger partial charge in [-0.25, -0.2) is 4.39 Å². The Kier molecular flexibility index (Phi) is 5.95. The third-order valence-corrected chi connectivity index (χ3v) is 3.98. The van der Waals surface area contributed by atoms with Crippen molar-refractivity contribution in [3.05, 3.63) is 35.6 Å². The van der Waals surface area contributed by atoms with E-state index in [4.69, 9.17) is 4.74 Å². The molecule has 1 aromatic rings. The maximum Gasteiger partial charge on any atom is 0.127 e. The summed E-state index contributed by atoms with van der Waals surface area (Å²) < 4.78 is 19.4. The number of benzene rings is 1. The Morgan fingerprint density at radius 1 is 1.30 bits per heavy atom. The van der Waals surface area contributed by atoms with E-state index < -0.39 is 0 Å². The smallest absolute Gasteiger partial charge is 0.127 e. The summed E-state index contributed by atoms with van der Waals surface area (Å²) in [6, 6.07) is 7.09. The van der Waals surface area contributed by atoms with Crippen molar-refractivity contribution in [2.45, 2.75) is 19.4 Å². The number of hydrogen-bond donors (Lipinski definition) is 1. The fourth-order valence-corrected chi connectivity index (χ4v) is 2.97. The van der Waals surface area contributed by atoms with Crippen LogP contribution in [-0.4, -0.2) is 44.8 Å². The van der Waals surface area contributed by atoms with Crippen molar-refractivity contribution in [3.63, 3.8) is 0 Å². The van der Waals surface area contributed by atoms with Crippen molar-refractivity contribution in [1.82, 2.24) is 10.2 Å². The van der Waals surface area contributed by atoms with Gasteiger partial charge in [-0.15, -0.1) is 0 Å². The van der Waals surface area contributed by atoms with Crippen LogP contribution < -0.4 is 5.32 Å². The summed E-state index contributed by atoms with van der Waals surface area (Å²) in [5, 5.41) is 3.27. The van der Waals surface area contributed by atoms with Crippen LogP contribution in [0.5, 0.6) is 0 Å². The van der Waals surface area contributed by atoms with Crippen LogP contribution in [0.3, 0.4) is 0 Å². The van der Waals surface area contributed by atoms with Gasteiger partial charge in [0.25, 0.3) is 0 Å². The molecule has 0 aliphatic carbocycles. The number of hydrogen-bond acceptors (Lipinski definition) is 3. The molecule has 2 rings (SSSR count). The molecule has 2 unspecified atom stereocenters. The van der Waals surface area contributed by atoms with Crippen molar-refractivity contribution in [1.29, 1.82) is 0 Å². The monoisotopic (exact) mass is 280 g/mol. The predicted molar refractivity (Wildman–Crippen MR) is 79.2 cm³/mol. The molecule has 0 bridgehead atoms. The summed E-state index contributed by atoms with van der Waals surface area (Å²) in [4.78, 5) is 2.42. The predicted octanol–water partition coefficient (Wildman–Crippen LogP) is 2.44. The van der Waals surface area contributed by atoms with Crippen molar-refractivity contribution >= 4 is 0 Å². The summed E-state index contributed by atoms with van der Waals surface area (Å²) >= 11 is 0. The Bertz CT molecular complexity index is 405. The minimum absolute atomic E-state index is 0.0420. The quantitative estimate of drug-likeness (QED) is 0.896. The molecular formula is C16H25FN2O. The highest BCUT2D eigenvalue weighted by Crippen LogP contribution is 2.25. The second-order valence-corrected chi connectivity index (χ2v) is 5.53. The van der Waals surface area contributed by atoms with Gasteiger partial charge in [-0.3, -0.25) is 0 Å². The lowest BCUT2D eigenvalue weighted by molar-refractivity contribution is 0.136. The molecule has 1 heterocycles. The molecule has 1 N–H and O–H groups in total. The van der Waals surface area contributed by atoms with E-state index in [0.717, 1.165) is 44.8 Å². The average molecular weight is 280 g/mol. The van der Waals surface area contributed by atoms with E-state index >= 15 is 0 Å². The van der Waals surface area contributed by atoms with E-state index in [1.807, 2.05) is 19.2 Å². The maximum atomic E-state index is 14.0. The Morgan fingerprint density at radius 2 is 2.10 bits per heavy atom. The van der Waals surface area contributed by atoms with Crippen LogP contribution in [0.4, 0.5) is 4.39 Å². The van der Waals surface area contributed by atoms with Gasteiger partial charge in [0.05, 0.1) is 6.61 Å². The molecular weight excluding hydrogens is 255 g/mol. The first-order valence-electron chi connectivity index (χ1n) is 7.44. The normalized spacial score (nSPS) is 20.4. The summed E-state index contributed by atoms with van der Waals surface area (Å²) in [5.74, 6) is 0.216. The average Bonchev–Trinajstić information content (AvgIpc) is 2.70. The van der Waals surface area contributed by atoms with Gasteiger partial charge in [-0.2, -0.15) is 0 Å². The summed E-state index contributed by atoms with van der Waals surface area (Å²) in [7, 11) is 1.90. The molecule has 20 heavy (non-hydrogen) atoms. The summed E-state index contributed by atoms with van der Waals surface area (Å²) in [5.41, 5.74) is 0.758. The summed E-state index contributed by atoms with van der Waals surface area (Å²) in [6.45, 7) is 6.84. The standard InChI is InChI=1S/C16H25FN2O/c1-13(12-19-8-5-10-20-11-9-19)16(18-2)14-6-3-4-7-15(14)17/h3-4,6-7,13,16,18H,5,8-12H2,1-2H3. The fourth-order valence-electron chi connectivity index (χ4n) is 2.97. The van der Waals surface area contributed by atoms with Crippen LogP contribution in [0, 0.1) is 11.7 Å². The van der Waals surface area contributed by atoms with E-state index in [1.54, 1.807) is 6.07 Å². The molecule has 1 aliphatic rings. The van der Waals surface area contributed by atoms with Crippen LogP contribution in [0.25, 0.3) is 0 Å². The van der Waals surface area contributed by atoms with E-state index in [2.05, 4.69) is 17.1 Å².